The van der Waals surface area contributed by atoms with E-state index in [-0.39, 0.29) is 11.4 Å². The molecule has 1 aromatic heterocycles. The summed E-state index contributed by atoms with van der Waals surface area (Å²) in [6.45, 7) is 12.3. The number of fused-ring (bicyclic) bond motifs is 1. The summed E-state index contributed by atoms with van der Waals surface area (Å²) < 4.78 is 30.8. The summed E-state index contributed by atoms with van der Waals surface area (Å²) in [5.41, 5.74) is 6.21. The van der Waals surface area contributed by atoms with Gasteiger partial charge in [0.1, 0.15) is 18.1 Å². The van der Waals surface area contributed by atoms with Crippen LogP contribution < -0.4 is 15.2 Å². The first-order chi connectivity index (χ1) is 14.4. The van der Waals surface area contributed by atoms with Gasteiger partial charge in [0.25, 0.3) is 0 Å². The van der Waals surface area contributed by atoms with E-state index >= 15 is 0 Å². The molecule has 0 saturated heterocycles. The number of nitrogens with zero attached hydrogens (tertiary/aromatic N) is 1. The molecule has 0 radical (unpaired) electrons. The smallest absolute Gasteiger partial charge is 0.167 e. The van der Waals surface area contributed by atoms with E-state index in [1.54, 1.807) is 25.4 Å². The molecule has 2 aromatic carbocycles. The van der Waals surface area contributed by atoms with Crippen LogP contribution in [0.5, 0.6) is 17.2 Å². The largest absolute Gasteiger partial charge is 0.491 e. The van der Waals surface area contributed by atoms with E-state index in [1.807, 2.05) is 59.7 Å². The maximum Gasteiger partial charge on any atom is 0.167 e. The van der Waals surface area contributed by atoms with Crippen molar-refractivity contribution in [1.29, 1.82) is 0 Å². The van der Waals surface area contributed by atoms with Crippen LogP contribution in [-0.4, -0.2) is 24.3 Å². The third-order valence-corrected chi connectivity index (χ3v) is 3.99. The van der Waals surface area contributed by atoms with Crippen LogP contribution in [0.2, 0.25) is 0 Å². The van der Waals surface area contributed by atoms with Gasteiger partial charge >= 0.3 is 0 Å². The Balaban J connectivity index is 0.00000106. The minimum atomic E-state index is -0.517. The molecule has 2 N–H and O–H groups in total. The number of methoxy groups -OCH3 is 1. The lowest BCUT2D eigenvalue weighted by Gasteiger charge is -2.23. The van der Waals surface area contributed by atoms with Gasteiger partial charge in [0, 0.05) is 36.5 Å². The summed E-state index contributed by atoms with van der Waals surface area (Å²) in [7, 11) is 1.64. The predicted molar refractivity (Wildman–Crippen MR) is 122 cm³/mol. The van der Waals surface area contributed by atoms with Gasteiger partial charge in [-0.25, -0.2) is 4.39 Å². The van der Waals surface area contributed by atoms with Crippen molar-refractivity contribution in [3.8, 4) is 17.2 Å². The zero-order valence-corrected chi connectivity index (χ0v) is 19.0. The molecule has 0 fully saturated rings. The van der Waals surface area contributed by atoms with Gasteiger partial charge in [-0.05, 0) is 44.2 Å². The highest BCUT2D eigenvalue weighted by molar-refractivity contribution is 5.86. The molecule has 0 spiro atoms. The molecule has 0 aliphatic rings. The third kappa shape index (κ3) is 6.88. The molecule has 0 aliphatic carbocycles. The molecule has 164 valence electrons. The summed E-state index contributed by atoms with van der Waals surface area (Å²) in [5.74, 6) is 0.763. The summed E-state index contributed by atoms with van der Waals surface area (Å²) in [5, 5.41) is 0.752. The molecule has 0 atom stereocenters. The fourth-order valence-corrected chi connectivity index (χ4v) is 2.31. The Bertz CT molecular complexity index is 929. The number of rotatable bonds is 6. The summed E-state index contributed by atoms with van der Waals surface area (Å²) in [4.78, 5) is 4.34. The molecule has 0 bridgehead atoms. The maximum atomic E-state index is 14.0. The quantitative estimate of drug-likeness (QED) is 0.458. The van der Waals surface area contributed by atoms with Crippen molar-refractivity contribution in [2.75, 3.05) is 19.5 Å². The highest BCUT2D eigenvalue weighted by Gasteiger charge is 2.17. The number of benzene rings is 2. The number of nitrogens with two attached hydrogens (primary N) is 1. The molecule has 1 heterocycles. The van der Waals surface area contributed by atoms with Crippen molar-refractivity contribution >= 4 is 16.6 Å². The minimum absolute atomic E-state index is 0.105. The minimum Gasteiger partial charge on any atom is -0.491 e. The van der Waals surface area contributed by atoms with Crippen LogP contribution in [0, 0.1) is 5.82 Å². The number of ether oxygens (including phenoxy) is 3. The lowest BCUT2D eigenvalue weighted by atomic mass is 10.1. The Morgan fingerprint density at radius 1 is 0.967 bits per heavy atom. The monoisotopic (exact) mass is 416 g/mol. The summed E-state index contributed by atoms with van der Waals surface area (Å²) in [6.07, 6.45) is 1.61. The first kappa shape index (κ1) is 25.2. The molecule has 0 aliphatic heterocycles. The fraction of sp³-hybridized carbons (Fsp3) is 0.375. The molecule has 3 aromatic rings. The second kappa shape index (κ2) is 12.0. The second-order valence-electron chi connectivity index (χ2n) is 6.53. The van der Waals surface area contributed by atoms with E-state index in [0.717, 1.165) is 5.39 Å². The Kier molecular flexibility index (Phi) is 10.1. The van der Waals surface area contributed by atoms with Crippen molar-refractivity contribution in [3.63, 3.8) is 0 Å². The van der Waals surface area contributed by atoms with Gasteiger partial charge in [0.15, 0.2) is 11.6 Å². The predicted octanol–water partition coefficient (Wildman–Crippen LogP) is 6.60. The molecular weight excluding hydrogens is 383 g/mol. The van der Waals surface area contributed by atoms with E-state index < -0.39 is 5.82 Å². The SMILES string of the molecule is CC.CC.COC(C)(C)COc1ccc2c(Oc3ccc(N)cc3F)ccnc2c1. The average molecular weight is 417 g/mol. The standard InChI is InChI=1S/C20H21FN2O3.2C2H6/c1-20(2,24-3)12-25-14-5-6-15-17(11-14)23-9-8-18(15)26-19-7-4-13(22)10-16(19)21;2*1-2/h4-11H,12,22H2,1-3H3;2*1-2H3. The zero-order chi connectivity index (χ0) is 22.7. The normalized spacial score (nSPS) is 10.4. The van der Waals surface area contributed by atoms with E-state index in [4.69, 9.17) is 19.9 Å². The van der Waals surface area contributed by atoms with Gasteiger partial charge in [-0.2, -0.15) is 0 Å². The van der Waals surface area contributed by atoms with Crippen LogP contribution in [0.15, 0.2) is 48.7 Å². The number of hydrogen-bond acceptors (Lipinski definition) is 5. The van der Waals surface area contributed by atoms with Gasteiger partial charge in [-0.15, -0.1) is 0 Å². The lowest BCUT2D eigenvalue weighted by Crippen LogP contribution is -2.30. The fourth-order valence-electron chi connectivity index (χ4n) is 2.31. The molecular formula is C24H33FN2O3. The Morgan fingerprint density at radius 2 is 1.67 bits per heavy atom. The number of aromatic nitrogens is 1. The topological polar surface area (TPSA) is 66.6 Å². The molecule has 5 nitrogen and oxygen atoms in total. The first-order valence-corrected chi connectivity index (χ1v) is 10.2. The number of pyridine rings is 1. The molecule has 6 heteroatoms. The van der Waals surface area contributed by atoms with Gasteiger partial charge in [0.2, 0.25) is 0 Å². The second-order valence-corrected chi connectivity index (χ2v) is 6.53. The van der Waals surface area contributed by atoms with E-state index in [1.165, 1.54) is 12.1 Å². The highest BCUT2D eigenvalue weighted by Crippen LogP contribution is 2.32. The van der Waals surface area contributed by atoms with Gasteiger partial charge in [-0.3, -0.25) is 4.98 Å². The van der Waals surface area contributed by atoms with Crippen LogP contribution in [-0.2, 0) is 4.74 Å². The van der Waals surface area contributed by atoms with Crippen LogP contribution in [0.4, 0.5) is 10.1 Å². The molecule has 3 rings (SSSR count). The first-order valence-electron chi connectivity index (χ1n) is 10.2. The molecule has 0 unspecified atom stereocenters. The number of hydrogen-bond donors (Lipinski definition) is 1. The average Bonchev–Trinajstić information content (AvgIpc) is 2.77. The van der Waals surface area contributed by atoms with Crippen molar-refractivity contribution in [2.45, 2.75) is 47.1 Å². The van der Waals surface area contributed by atoms with E-state index in [2.05, 4.69) is 4.98 Å². The summed E-state index contributed by atoms with van der Waals surface area (Å²) >= 11 is 0. The molecule has 30 heavy (non-hydrogen) atoms. The van der Waals surface area contributed by atoms with Gasteiger partial charge < -0.3 is 19.9 Å². The number of halogens is 1. The van der Waals surface area contributed by atoms with Crippen LogP contribution in [0.3, 0.4) is 0 Å². The third-order valence-electron chi connectivity index (χ3n) is 3.99. The van der Waals surface area contributed by atoms with Crippen LogP contribution >= 0.6 is 0 Å². The number of anilines is 1. The Hall–Kier alpha value is -2.86. The molecule has 0 saturated carbocycles. The Labute approximate surface area is 179 Å². The van der Waals surface area contributed by atoms with Gasteiger partial charge in [-0.1, -0.05) is 27.7 Å². The maximum absolute atomic E-state index is 14.0. The summed E-state index contributed by atoms with van der Waals surface area (Å²) in [6, 6.07) is 11.5. The Morgan fingerprint density at radius 3 is 2.30 bits per heavy atom. The van der Waals surface area contributed by atoms with Crippen LogP contribution in [0.1, 0.15) is 41.5 Å². The molecule has 0 amide bonds. The van der Waals surface area contributed by atoms with Crippen molar-refractivity contribution in [2.24, 2.45) is 0 Å². The van der Waals surface area contributed by atoms with Crippen LogP contribution in [0.25, 0.3) is 10.9 Å². The van der Waals surface area contributed by atoms with E-state index in [0.29, 0.717) is 29.3 Å². The van der Waals surface area contributed by atoms with Gasteiger partial charge in [0.05, 0.1) is 11.1 Å². The van der Waals surface area contributed by atoms with E-state index in [9.17, 15) is 4.39 Å². The lowest BCUT2D eigenvalue weighted by molar-refractivity contribution is -0.0146. The highest BCUT2D eigenvalue weighted by atomic mass is 19.1. The van der Waals surface area contributed by atoms with Crippen molar-refractivity contribution in [3.05, 3.63) is 54.5 Å². The van der Waals surface area contributed by atoms with Crippen molar-refractivity contribution < 1.29 is 18.6 Å². The number of nitrogen functional groups attached to an aromatic ring is 1. The zero-order valence-electron chi connectivity index (χ0n) is 19.0. The van der Waals surface area contributed by atoms with Crippen molar-refractivity contribution in [1.82, 2.24) is 4.98 Å².